The molecule has 1 aromatic carbocycles. The molecule has 108 valence electrons. The van der Waals surface area contributed by atoms with Gasteiger partial charge in [-0.3, -0.25) is 4.90 Å². The summed E-state index contributed by atoms with van der Waals surface area (Å²) in [6.07, 6.45) is 2.77. The second-order valence-corrected chi connectivity index (χ2v) is 6.44. The van der Waals surface area contributed by atoms with Gasteiger partial charge in [0, 0.05) is 31.0 Å². The van der Waals surface area contributed by atoms with Crippen LogP contribution in [-0.2, 0) is 17.6 Å². The molecule has 3 aliphatic rings. The number of benzene rings is 1. The third-order valence-electron chi connectivity index (χ3n) is 5.23. The summed E-state index contributed by atoms with van der Waals surface area (Å²) in [7, 11) is 0. The van der Waals surface area contributed by atoms with Crippen molar-refractivity contribution < 1.29 is 13.5 Å². The van der Waals surface area contributed by atoms with Gasteiger partial charge in [-0.1, -0.05) is 0 Å². The molecule has 0 amide bonds. The van der Waals surface area contributed by atoms with Crippen molar-refractivity contribution in [3.63, 3.8) is 0 Å². The molecule has 0 bridgehead atoms. The number of likely N-dealkylation sites (tertiary alicyclic amines) is 1. The maximum absolute atomic E-state index is 13.4. The first-order valence-electron chi connectivity index (χ1n) is 7.49. The molecule has 0 radical (unpaired) electrons. The van der Waals surface area contributed by atoms with Crippen LogP contribution in [0, 0.1) is 23.5 Å². The molecule has 2 saturated heterocycles. The Labute approximate surface area is 117 Å². The van der Waals surface area contributed by atoms with Gasteiger partial charge in [0.25, 0.3) is 0 Å². The van der Waals surface area contributed by atoms with Gasteiger partial charge in [-0.05, 0) is 42.5 Å². The highest BCUT2D eigenvalue weighted by molar-refractivity contribution is 5.32. The molecule has 2 nitrogen and oxygen atoms in total. The van der Waals surface area contributed by atoms with Gasteiger partial charge in [-0.25, -0.2) is 8.78 Å². The molecule has 4 rings (SSSR count). The summed E-state index contributed by atoms with van der Waals surface area (Å²) in [6, 6.07) is 3.27. The highest BCUT2D eigenvalue weighted by Crippen LogP contribution is 2.34. The molecule has 0 aromatic heterocycles. The zero-order chi connectivity index (χ0) is 13.7. The number of halogens is 2. The standard InChI is InChI=1S/C16H19F2NO/c17-15-4-10-1-2-14(3-11(10)5-16(15)18)19-6-12-8-20-9-13(12)7-19/h4-5,12-14H,1-3,6-9H2/t12-,13?,14?/m0/s1. The van der Waals surface area contributed by atoms with E-state index >= 15 is 0 Å². The maximum Gasteiger partial charge on any atom is 0.159 e. The van der Waals surface area contributed by atoms with Crippen molar-refractivity contribution in [1.29, 1.82) is 0 Å². The minimum Gasteiger partial charge on any atom is -0.381 e. The summed E-state index contributed by atoms with van der Waals surface area (Å²) in [6.45, 7) is 4.00. The van der Waals surface area contributed by atoms with Crippen LogP contribution in [0.1, 0.15) is 17.5 Å². The lowest BCUT2D eigenvalue weighted by Gasteiger charge is -2.33. The van der Waals surface area contributed by atoms with Crippen LogP contribution in [0.2, 0.25) is 0 Å². The number of ether oxygens (including phenoxy) is 1. The van der Waals surface area contributed by atoms with E-state index in [1.165, 1.54) is 12.1 Å². The summed E-state index contributed by atoms with van der Waals surface area (Å²) >= 11 is 0. The van der Waals surface area contributed by atoms with Crippen LogP contribution in [0.5, 0.6) is 0 Å². The van der Waals surface area contributed by atoms with Crippen molar-refractivity contribution in [3.05, 3.63) is 34.9 Å². The molecule has 20 heavy (non-hydrogen) atoms. The minimum absolute atomic E-state index is 0.484. The highest BCUT2D eigenvalue weighted by Gasteiger charge is 2.40. The monoisotopic (exact) mass is 279 g/mol. The normalized spacial score (nSPS) is 33.2. The summed E-state index contributed by atoms with van der Waals surface area (Å²) in [5.41, 5.74) is 1.98. The molecule has 1 aromatic rings. The van der Waals surface area contributed by atoms with Gasteiger partial charge in [0.15, 0.2) is 11.6 Å². The fourth-order valence-electron chi connectivity index (χ4n) is 4.06. The van der Waals surface area contributed by atoms with Crippen molar-refractivity contribution >= 4 is 0 Å². The quantitative estimate of drug-likeness (QED) is 0.782. The molecule has 1 aliphatic carbocycles. The zero-order valence-electron chi connectivity index (χ0n) is 11.4. The van der Waals surface area contributed by atoms with E-state index in [0.29, 0.717) is 17.9 Å². The van der Waals surface area contributed by atoms with Crippen LogP contribution >= 0.6 is 0 Å². The number of rotatable bonds is 1. The van der Waals surface area contributed by atoms with E-state index in [9.17, 15) is 8.78 Å². The molecule has 0 spiro atoms. The number of fused-ring (bicyclic) bond motifs is 2. The van der Waals surface area contributed by atoms with Gasteiger partial charge in [-0.2, -0.15) is 0 Å². The van der Waals surface area contributed by atoms with E-state index in [0.717, 1.165) is 56.7 Å². The third-order valence-corrected chi connectivity index (χ3v) is 5.23. The fraction of sp³-hybridized carbons (Fsp3) is 0.625. The van der Waals surface area contributed by atoms with Gasteiger partial charge < -0.3 is 4.74 Å². The molecule has 2 unspecified atom stereocenters. The van der Waals surface area contributed by atoms with Gasteiger partial charge in [0.1, 0.15) is 0 Å². The van der Waals surface area contributed by atoms with Crippen molar-refractivity contribution in [2.75, 3.05) is 26.3 Å². The molecule has 2 aliphatic heterocycles. The zero-order valence-corrected chi connectivity index (χ0v) is 11.4. The molecule has 0 saturated carbocycles. The highest BCUT2D eigenvalue weighted by atomic mass is 19.2. The lowest BCUT2D eigenvalue weighted by atomic mass is 9.87. The first-order chi connectivity index (χ1) is 9.70. The minimum atomic E-state index is -0.713. The molecule has 2 heterocycles. The Hall–Kier alpha value is -1.00. The number of nitrogens with zero attached hydrogens (tertiary/aromatic N) is 1. The van der Waals surface area contributed by atoms with Gasteiger partial charge in [0.05, 0.1) is 13.2 Å². The van der Waals surface area contributed by atoms with E-state index in [1.54, 1.807) is 0 Å². The Morgan fingerprint density at radius 1 is 1.00 bits per heavy atom. The number of hydrogen-bond donors (Lipinski definition) is 0. The third kappa shape index (κ3) is 2.06. The first-order valence-corrected chi connectivity index (χ1v) is 7.49. The van der Waals surface area contributed by atoms with E-state index in [1.807, 2.05) is 0 Å². The second-order valence-electron chi connectivity index (χ2n) is 6.44. The molecule has 0 N–H and O–H groups in total. The summed E-state index contributed by atoms with van der Waals surface area (Å²) in [4.78, 5) is 2.54. The summed E-state index contributed by atoms with van der Waals surface area (Å²) in [5.74, 6) is -0.0613. The van der Waals surface area contributed by atoms with Crippen LogP contribution in [0.4, 0.5) is 8.78 Å². The van der Waals surface area contributed by atoms with Crippen LogP contribution in [0.15, 0.2) is 12.1 Å². The average molecular weight is 279 g/mol. The van der Waals surface area contributed by atoms with E-state index in [2.05, 4.69) is 4.90 Å². The summed E-state index contributed by atoms with van der Waals surface area (Å²) in [5, 5.41) is 0. The Kier molecular flexibility index (Phi) is 3.04. The Balaban J connectivity index is 1.51. The topological polar surface area (TPSA) is 12.5 Å². The average Bonchev–Trinajstić information content (AvgIpc) is 3.00. The van der Waals surface area contributed by atoms with Crippen LogP contribution in [0.3, 0.4) is 0 Å². The first kappa shape index (κ1) is 12.7. The van der Waals surface area contributed by atoms with Crippen molar-refractivity contribution in [3.8, 4) is 0 Å². The molecule has 3 atom stereocenters. The van der Waals surface area contributed by atoms with Crippen molar-refractivity contribution in [2.24, 2.45) is 11.8 Å². The van der Waals surface area contributed by atoms with Crippen molar-refractivity contribution in [1.82, 2.24) is 4.90 Å². The Morgan fingerprint density at radius 2 is 1.65 bits per heavy atom. The van der Waals surface area contributed by atoms with Crippen LogP contribution < -0.4 is 0 Å². The fourth-order valence-corrected chi connectivity index (χ4v) is 4.06. The molecule has 4 heteroatoms. The van der Waals surface area contributed by atoms with E-state index in [-0.39, 0.29) is 0 Å². The van der Waals surface area contributed by atoms with Gasteiger partial charge in [0.2, 0.25) is 0 Å². The predicted molar refractivity (Wildman–Crippen MR) is 71.5 cm³/mol. The molecular weight excluding hydrogens is 260 g/mol. The number of hydrogen-bond acceptors (Lipinski definition) is 2. The lowest BCUT2D eigenvalue weighted by Crippen LogP contribution is -2.38. The number of aryl methyl sites for hydroxylation is 1. The Morgan fingerprint density at radius 3 is 2.35 bits per heavy atom. The van der Waals surface area contributed by atoms with E-state index in [4.69, 9.17) is 4.74 Å². The smallest absolute Gasteiger partial charge is 0.159 e. The predicted octanol–water partition coefficient (Wildman–Crippen LogP) is 2.40. The van der Waals surface area contributed by atoms with Gasteiger partial charge >= 0.3 is 0 Å². The maximum atomic E-state index is 13.4. The lowest BCUT2D eigenvalue weighted by molar-refractivity contribution is 0.134. The van der Waals surface area contributed by atoms with Crippen LogP contribution in [0.25, 0.3) is 0 Å². The van der Waals surface area contributed by atoms with Gasteiger partial charge in [-0.15, -0.1) is 0 Å². The Bertz CT molecular complexity index is 521. The molecular formula is C16H19F2NO. The molecule has 2 fully saturated rings. The summed E-state index contributed by atoms with van der Waals surface area (Å²) < 4.78 is 32.2. The SMILES string of the molecule is Fc1cc2c(cc1F)CC(N1CC3COC[C@@H]3C1)CC2. The van der Waals surface area contributed by atoms with E-state index < -0.39 is 11.6 Å². The second kappa shape index (κ2) is 4.78. The largest absolute Gasteiger partial charge is 0.381 e. The van der Waals surface area contributed by atoms with Crippen LogP contribution in [-0.4, -0.2) is 37.2 Å². The van der Waals surface area contributed by atoms with Crippen molar-refractivity contribution in [2.45, 2.75) is 25.3 Å².